The van der Waals surface area contributed by atoms with Gasteiger partial charge in [-0.2, -0.15) is 0 Å². The molecule has 1 aromatic rings. The van der Waals surface area contributed by atoms with Crippen LogP contribution in [0.4, 0.5) is 0 Å². The summed E-state index contributed by atoms with van der Waals surface area (Å²) in [6.45, 7) is 5.23. The molecule has 4 heteroatoms. The average Bonchev–Trinajstić information content (AvgIpc) is 2.96. The number of hydrogen-bond donors (Lipinski definition) is 1. The summed E-state index contributed by atoms with van der Waals surface area (Å²) in [4.78, 5) is 8.08. The molecule has 1 heterocycles. The second kappa shape index (κ2) is 5.75. The van der Waals surface area contributed by atoms with Crippen molar-refractivity contribution in [1.29, 1.82) is 0 Å². The van der Waals surface area contributed by atoms with Gasteiger partial charge in [-0.3, -0.25) is 9.88 Å². The lowest BCUT2D eigenvalue weighted by Crippen LogP contribution is -2.39. The number of aromatic nitrogens is 1. The van der Waals surface area contributed by atoms with Gasteiger partial charge in [-0.25, -0.2) is 0 Å². The van der Waals surface area contributed by atoms with Gasteiger partial charge in [0.15, 0.2) is 0 Å². The van der Waals surface area contributed by atoms with Crippen molar-refractivity contribution in [2.45, 2.75) is 38.8 Å². The van der Waals surface area contributed by atoms with E-state index in [9.17, 15) is 0 Å². The maximum atomic E-state index is 5.85. The Hall–Kier alpha value is -0.450. The summed E-state index contributed by atoms with van der Waals surface area (Å²) in [5.74, 6) is 0.702. The highest BCUT2D eigenvalue weighted by Gasteiger charge is 2.30. The minimum absolute atomic E-state index is 0.692. The predicted molar refractivity (Wildman–Crippen MR) is 68.4 cm³/mol. The van der Waals surface area contributed by atoms with Gasteiger partial charge in [0, 0.05) is 23.7 Å². The molecule has 1 fully saturated rings. The molecule has 2 atom stereocenters. The molecule has 90 valence electrons. The Morgan fingerprint density at radius 1 is 1.56 bits per heavy atom. The van der Waals surface area contributed by atoms with Gasteiger partial charge in [0.2, 0.25) is 0 Å². The molecule has 2 N–H and O–H groups in total. The van der Waals surface area contributed by atoms with E-state index in [-0.39, 0.29) is 0 Å². The van der Waals surface area contributed by atoms with Crippen molar-refractivity contribution in [1.82, 2.24) is 9.88 Å². The van der Waals surface area contributed by atoms with Gasteiger partial charge in [0.25, 0.3) is 0 Å². The molecule has 1 aromatic heterocycles. The molecule has 16 heavy (non-hydrogen) atoms. The third kappa shape index (κ3) is 2.62. The Kier molecular flexibility index (Phi) is 4.32. The number of hydrogen-bond acceptors (Lipinski definition) is 4. The van der Waals surface area contributed by atoms with Crippen LogP contribution >= 0.6 is 11.3 Å². The topological polar surface area (TPSA) is 42.2 Å². The van der Waals surface area contributed by atoms with Crippen LogP contribution < -0.4 is 5.73 Å². The molecule has 3 nitrogen and oxygen atoms in total. The first-order valence-electron chi connectivity index (χ1n) is 6.16. The maximum Gasteiger partial charge on any atom is 0.0794 e. The lowest BCUT2D eigenvalue weighted by Gasteiger charge is -2.31. The van der Waals surface area contributed by atoms with Crippen LogP contribution in [0.3, 0.4) is 0 Å². The van der Waals surface area contributed by atoms with Crippen LogP contribution in [0.15, 0.2) is 11.7 Å². The van der Waals surface area contributed by atoms with Crippen molar-refractivity contribution in [2.75, 3.05) is 13.1 Å². The lowest BCUT2D eigenvalue weighted by atomic mass is 10.0. The molecule has 0 aliphatic heterocycles. The first-order chi connectivity index (χ1) is 7.85. The smallest absolute Gasteiger partial charge is 0.0794 e. The number of rotatable bonds is 5. The Labute approximate surface area is 102 Å². The van der Waals surface area contributed by atoms with E-state index in [1.807, 2.05) is 11.7 Å². The SMILES string of the molecule is CCN(Cc1cncs1)C1CCCC1CN. The standard InChI is InChI=1S/C12H21N3S/c1-2-15(8-11-7-14-9-16-11)12-5-3-4-10(12)6-13/h7,9-10,12H,2-6,8,13H2,1H3. The summed E-state index contributed by atoms with van der Waals surface area (Å²) in [6, 6.07) is 0.692. The highest BCUT2D eigenvalue weighted by molar-refractivity contribution is 7.09. The van der Waals surface area contributed by atoms with Crippen molar-refractivity contribution in [3.05, 3.63) is 16.6 Å². The van der Waals surface area contributed by atoms with Gasteiger partial charge in [-0.05, 0) is 31.8 Å². The molecule has 1 saturated carbocycles. The highest BCUT2D eigenvalue weighted by Crippen LogP contribution is 2.30. The van der Waals surface area contributed by atoms with Gasteiger partial charge in [0.1, 0.15) is 0 Å². The molecule has 0 saturated heterocycles. The number of nitrogens with zero attached hydrogens (tertiary/aromatic N) is 2. The maximum absolute atomic E-state index is 5.85. The van der Waals surface area contributed by atoms with Crippen molar-refractivity contribution in [3.63, 3.8) is 0 Å². The molecule has 2 unspecified atom stereocenters. The van der Waals surface area contributed by atoms with E-state index in [2.05, 4.69) is 16.8 Å². The summed E-state index contributed by atoms with van der Waals surface area (Å²) in [5, 5.41) is 0. The fraction of sp³-hybridized carbons (Fsp3) is 0.750. The third-order valence-corrected chi connectivity index (χ3v) is 4.40. The molecule has 0 radical (unpaired) electrons. The zero-order chi connectivity index (χ0) is 11.4. The highest BCUT2D eigenvalue weighted by atomic mass is 32.1. The molecule has 1 aliphatic carbocycles. The quantitative estimate of drug-likeness (QED) is 0.855. The Morgan fingerprint density at radius 3 is 3.06 bits per heavy atom. The van der Waals surface area contributed by atoms with Crippen LogP contribution in [-0.4, -0.2) is 29.0 Å². The van der Waals surface area contributed by atoms with E-state index >= 15 is 0 Å². The van der Waals surface area contributed by atoms with Crippen molar-refractivity contribution in [2.24, 2.45) is 11.7 Å². The summed E-state index contributed by atoms with van der Waals surface area (Å²) < 4.78 is 0. The summed E-state index contributed by atoms with van der Waals surface area (Å²) >= 11 is 1.75. The first kappa shape index (κ1) is 12.0. The van der Waals surface area contributed by atoms with E-state index in [1.54, 1.807) is 11.3 Å². The van der Waals surface area contributed by atoms with Crippen molar-refractivity contribution in [3.8, 4) is 0 Å². The van der Waals surface area contributed by atoms with E-state index in [0.29, 0.717) is 12.0 Å². The van der Waals surface area contributed by atoms with Gasteiger partial charge < -0.3 is 5.73 Å². The van der Waals surface area contributed by atoms with Crippen LogP contribution in [0, 0.1) is 5.92 Å². The third-order valence-electron chi connectivity index (χ3n) is 3.64. The average molecular weight is 239 g/mol. The van der Waals surface area contributed by atoms with Gasteiger partial charge in [-0.15, -0.1) is 11.3 Å². The largest absolute Gasteiger partial charge is 0.330 e. The van der Waals surface area contributed by atoms with Crippen LogP contribution in [0.2, 0.25) is 0 Å². The van der Waals surface area contributed by atoms with Gasteiger partial charge >= 0.3 is 0 Å². The van der Waals surface area contributed by atoms with Gasteiger partial charge in [-0.1, -0.05) is 13.3 Å². The fourth-order valence-electron chi connectivity index (χ4n) is 2.76. The molecule has 1 aliphatic rings. The van der Waals surface area contributed by atoms with Gasteiger partial charge in [0.05, 0.1) is 5.51 Å². The molecule has 0 spiro atoms. The van der Waals surface area contributed by atoms with Crippen molar-refractivity contribution >= 4 is 11.3 Å². The van der Waals surface area contributed by atoms with Crippen LogP contribution in [-0.2, 0) is 6.54 Å². The first-order valence-corrected chi connectivity index (χ1v) is 7.04. The van der Waals surface area contributed by atoms with E-state index < -0.39 is 0 Å². The second-order valence-electron chi connectivity index (χ2n) is 4.52. The minimum atomic E-state index is 0.692. The fourth-order valence-corrected chi connectivity index (χ4v) is 3.38. The molecule has 2 rings (SSSR count). The van der Waals surface area contributed by atoms with Crippen LogP contribution in [0.25, 0.3) is 0 Å². The molecule has 0 aromatic carbocycles. The monoisotopic (exact) mass is 239 g/mol. The Bertz CT molecular complexity index is 299. The molecule has 0 bridgehead atoms. The lowest BCUT2D eigenvalue weighted by molar-refractivity contribution is 0.163. The summed E-state index contributed by atoms with van der Waals surface area (Å²) in [7, 11) is 0. The molecule has 0 amide bonds. The van der Waals surface area contributed by atoms with E-state index in [0.717, 1.165) is 19.6 Å². The molecular formula is C12H21N3S. The number of nitrogens with two attached hydrogens (primary N) is 1. The number of thiazole rings is 1. The zero-order valence-electron chi connectivity index (χ0n) is 9.93. The summed E-state index contributed by atoms with van der Waals surface area (Å²) in [5.41, 5.74) is 7.77. The minimum Gasteiger partial charge on any atom is -0.330 e. The summed E-state index contributed by atoms with van der Waals surface area (Å²) in [6.07, 6.45) is 5.94. The van der Waals surface area contributed by atoms with Crippen LogP contribution in [0.5, 0.6) is 0 Å². The van der Waals surface area contributed by atoms with E-state index in [4.69, 9.17) is 5.73 Å². The second-order valence-corrected chi connectivity index (χ2v) is 5.50. The van der Waals surface area contributed by atoms with E-state index in [1.165, 1.54) is 24.1 Å². The molecular weight excluding hydrogens is 218 g/mol. The van der Waals surface area contributed by atoms with Crippen LogP contribution in [0.1, 0.15) is 31.1 Å². The zero-order valence-corrected chi connectivity index (χ0v) is 10.7. The van der Waals surface area contributed by atoms with Crippen molar-refractivity contribution < 1.29 is 0 Å². The normalized spacial score (nSPS) is 25.4. The Balaban J connectivity index is 1.98. The Morgan fingerprint density at radius 2 is 2.44 bits per heavy atom. The predicted octanol–water partition coefficient (Wildman–Crippen LogP) is 2.09.